The van der Waals surface area contributed by atoms with Crippen molar-refractivity contribution in [3.63, 3.8) is 0 Å². The second-order valence-corrected chi connectivity index (χ2v) is 6.51. The lowest BCUT2D eigenvalue weighted by Gasteiger charge is -2.19. The molecule has 1 aliphatic heterocycles. The average molecular weight is 382 g/mol. The van der Waals surface area contributed by atoms with Crippen LogP contribution in [-0.4, -0.2) is 24.5 Å². The molecule has 5 nitrogen and oxygen atoms in total. The molecule has 1 N–H and O–H groups in total. The highest BCUT2D eigenvalue weighted by atomic mass is 19.1. The minimum Gasteiger partial charge on any atom is -0.463 e. The van der Waals surface area contributed by atoms with Gasteiger partial charge in [0, 0.05) is 18.0 Å². The van der Waals surface area contributed by atoms with Gasteiger partial charge in [0.05, 0.1) is 0 Å². The summed E-state index contributed by atoms with van der Waals surface area (Å²) in [5.41, 5.74) is 2.67. The first-order chi connectivity index (χ1) is 13.8. The van der Waals surface area contributed by atoms with Gasteiger partial charge < -0.3 is 14.5 Å². The van der Waals surface area contributed by atoms with Crippen LogP contribution in [0.3, 0.4) is 0 Å². The Kier molecular flexibility index (Phi) is 7.32. The zero-order valence-electron chi connectivity index (χ0n) is 15.5. The number of nitrogens with zero attached hydrogens (tertiary/aromatic N) is 1. The topological polar surface area (TPSA) is 64.4 Å². The van der Waals surface area contributed by atoms with Crippen molar-refractivity contribution in [3.8, 4) is 11.3 Å². The van der Waals surface area contributed by atoms with Gasteiger partial charge in [-0.15, -0.1) is 0 Å². The number of nitrogens with one attached hydrogen (secondary N) is 1. The third kappa shape index (κ3) is 5.76. The molecule has 28 heavy (non-hydrogen) atoms. The average Bonchev–Trinajstić information content (AvgIpc) is 3.25. The highest BCUT2D eigenvalue weighted by Gasteiger charge is 2.20. The summed E-state index contributed by atoms with van der Waals surface area (Å²) in [5, 5.41) is 3.34. The van der Waals surface area contributed by atoms with Gasteiger partial charge in [-0.2, -0.15) is 0 Å². The van der Waals surface area contributed by atoms with Gasteiger partial charge in [-0.05, 0) is 49.2 Å². The van der Waals surface area contributed by atoms with E-state index in [1.165, 1.54) is 12.1 Å². The second-order valence-electron chi connectivity index (χ2n) is 6.51. The minimum atomic E-state index is -0.237. The van der Waals surface area contributed by atoms with E-state index in [1.54, 1.807) is 18.4 Å². The van der Waals surface area contributed by atoms with Gasteiger partial charge >= 0.3 is 0 Å². The highest BCUT2D eigenvalue weighted by molar-refractivity contribution is 5.57. The van der Waals surface area contributed by atoms with E-state index in [-0.39, 0.29) is 5.82 Å². The number of halogens is 1. The maximum atomic E-state index is 12.8. The summed E-state index contributed by atoms with van der Waals surface area (Å²) >= 11 is 0. The molecule has 2 heterocycles. The van der Waals surface area contributed by atoms with Gasteiger partial charge in [-0.1, -0.05) is 30.3 Å². The van der Waals surface area contributed by atoms with E-state index < -0.39 is 0 Å². The van der Waals surface area contributed by atoms with Crippen LogP contribution in [0.1, 0.15) is 30.2 Å². The molecule has 6 heteroatoms. The van der Waals surface area contributed by atoms with Crippen LogP contribution < -0.4 is 5.32 Å². The van der Waals surface area contributed by atoms with E-state index in [0.29, 0.717) is 19.0 Å². The number of ether oxygens (including phenoxy) is 1. The van der Waals surface area contributed by atoms with Crippen LogP contribution in [0.4, 0.5) is 4.39 Å². The van der Waals surface area contributed by atoms with Crippen LogP contribution in [0, 0.1) is 5.82 Å². The zero-order chi connectivity index (χ0) is 19.6. The van der Waals surface area contributed by atoms with Gasteiger partial charge in [-0.3, -0.25) is 4.79 Å². The van der Waals surface area contributed by atoms with Crippen LogP contribution in [0.2, 0.25) is 0 Å². The summed E-state index contributed by atoms with van der Waals surface area (Å²) in [6.45, 7) is 2.81. The van der Waals surface area contributed by atoms with E-state index in [9.17, 15) is 9.18 Å². The molecule has 0 unspecified atom stereocenters. The summed E-state index contributed by atoms with van der Waals surface area (Å²) in [6.07, 6.45) is 3.91. The largest absolute Gasteiger partial charge is 0.463 e. The second kappa shape index (κ2) is 10.4. The Hall–Kier alpha value is -2.99. The molecule has 146 valence electrons. The Labute approximate surface area is 163 Å². The maximum Gasteiger partial charge on any atom is 0.293 e. The monoisotopic (exact) mass is 382 g/mol. The fourth-order valence-electron chi connectivity index (χ4n) is 3.00. The Morgan fingerprint density at radius 1 is 1.18 bits per heavy atom. The molecule has 1 fully saturated rings. The highest BCUT2D eigenvalue weighted by Crippen LogP contribution is 2.26. The fourth-order valence-corrected chi connectivity index (χ4v) is 3.00. The first-order valence-electron chi connectivity index (χ1n) is 9.27. The molecule has 0 radical (unpaired) electrons. The van der Waals surface area contributed by atoms with Gasteiger partial charge in [0.1, 0.15) is 24.4 Å². The molecule has 0 bridgehead atoms. The lowest BCUT2D eigenvalue weighted by Crippen LogP contribution is -2.28. The van der Waals surface area contributed by atoms with Crippen LogP contribution in [0.15, 0.2) is 65.3 Å². The Balaban J connectivity index is 0.000000192. The van der Waals surface area contributed by atoms with Crippen LogP contribution in [0.5, 0.6) is 0 Å². The van der Waals surface area contributed by atoms with E-state index in [2.05, 4.69) is 15.0 Å². The lowest BCUT2D eigenvalue weighted by molar-refractivity contribution is -0.129. The Morgan fingerprint density at radius 2 is 1.96 bits per heavy atom. The van der Waals surface area contributed by atoms with Crippen molar-refractivity contribution in [2.24, 2.45) is 0 Å². The molecule has 0 saturated carbocycles. The first-order valence-corrected chi connectivity index (χ1v) is 9.27. The summed E-state index contributed by atoms with van der Waals surface area (Å²) in [5.74, 6) is 0.897. The predicted octanol–water partition coefficient (Wildman–Crippen LogP) is 4.31. The Bertz CT molecular complexity index is 844. The van der Waals surface area contributed by atoms with E-state index in [4.69, 9.17) is 4.42 Å². The number of piperidine rings is 1. The van der Waals surface area contributed by atoms with E-state index in [1.807, 2.05) is 30.3 Å². The number of carbonyl (C=O) groups is 1. The van der Waals surface area contributed by atoms with Gasteiger partial charge in [0.2, 0.25) is 0 Å². The van der Waals surface area contributed by atoms with Crippen molar-refractivity contribution in [1.82, 2.24) is 10.3 Å². The number of carbonyl (C=O) groups excluding carboxylic acids is 1. The van der Waals surface area contributed by atoms with Crippen LogP contribution >= 0.6 is 0 Å². The van der Waals surface area contributed by atoms with Gasteiger partial charge in [0.15, 0.2) is 5.89 Å². The third-order valence-electron chi connectivity index (χ3n) is 4.47. The summed E-state index contributed by atoms with van der Waals surface area (Å²) in [4.78, 5) is 14.3. The molecule has 3 aromatic rings. The number of oxazole rings is 1. The van der Waals surface area contributed by atoms with Crippen molar-refractivity contribution in [3.05, 3.63) is 78.1 Å². The molecule has 0 amide bonds. The van der Waals surface area contributed by atoms with E-state index in [0.717, 1.165) is 48.6 Å². The number of aromatic nitrogens is 1. The van der Waals surface area contributed by atoms with E-state index >= 15 is 0 Å². The molecular formula is C22H23FN2O3. The smallest absolute Gasteiger partial charge is 0.293 e. The van der Waals surface area contributed by atoms with Crippen molar-refractivity contribution in [2.45, 2.75) is 25.4 Å². The van der Waals surface area contributed by atoms with Crippen LogP contribution in [0.25, 0.3) is 11.3 Å². The number of rotatable bonds is 5. The normalized spacial score (nSPS) is 16.0. The molecule has 1 saturated heterocycles. The summed E-state index contributed by atoms with van der Waals surface area (Å²) in [7, 11) is 0. The Morgan fingerprint density at radius 3 is 2.64 bits per heavy atom. The first kappa shape index (κ1) is 19.8. The SMILES string of the molecule is Fc1ccc(-c2coc([C@H]3CCCNC3)n2)cc1.O=COCc1ccccc1. The van der Waals surface area contributed by atoms with Crippen LogP contribution in [-0.2, 0) is 16.1 Å². The molecule has 4 rings (SSSR count). The molecule has 1 aromatic heterocycles. The maximum absolute atomic E-state index is 12.8. The summed E-state index contributed by atoms with van der Waals surface area (Å²) in [6, 6.07) is 15.9. The van der Waals surface area contributed by atoms with Crippen molar-refractivity contribution < 1.29 is 18.3 Å². The van der Waals surface area contributed by atoms with Gasteiger partial charge in [0.25, 0.3) is 6.47 Å². The summed E-state index contributed by atoms with van der Waals surface area (Å²) < 4.78 is 22.9. The van der Waals surface area contributed by atoms with Crippen molar-refractivity contribution in [1.29, 1.82) is 0 Å². The quantitative estimate of drug-likeness (QED) is 0.666. The fraction of sp³-hybridized carbons (Fsp3) is 0.273. The lowest BCUT2D eigenvalue weighted by atomic mass is 10.00. The molecular weight excluding hydrogens is 359 g/mol. The molecule has 2 aromatic carbocycles. The zero-order valence-corrected chi connectivity index (χ0v) is 15.5. The minimum absolute atomic E-state index is 0.237. The molecule has 1 aliphatic rings. The van der Waals surface area contributed by atoms with Crippen molar-refractivity contribution >= 4 is 6.47 Å². The van der Waals surface area contributed by atoms with Gasteiger partial charge in [-0.25, -0.2) is 9.37 Å². The predicted molar refractivity (Wildman–Crippen MR) is 104 cm³/mol. The molecule has 0 spiro atoms. The molecule has 1 atom stereocenters. The number of hydrogen-bond acceptors (Lipinski definition) is 5. The standard InChI is InChI=1S/C14H15FN2O.C8H8O2/c15-12-5-3-10(4-6-12)13-9-18-14(17-13)11-2-1-7-16-8-11;9-7-10-6-8-4-2-1-3-5-8/h3-6,9,11,16H,1-2,7-8H2;1-5,7H,6H2/t11-;/m0./s1. The third-order valence-corrected chi connectivity index (χ3v) is 4.47. The van der Waals surface area contributed by atoms with Crippen molar-refractivity contribution in [2.75, 3.05) is 13.1 Å². The molecule has 0 aliphatic carbocycles. The number of hydrogen-bond donors (Lipinski definition) is 1. The number of benzene rings is 2.